The molecule has 0 saturated carbocycles. The van der Waals surface area contributed by atoms with Crippen molar-refractivity contribution in [3.8, 4) is 33.5 Å². The van der Waals surface area contributed by atoms with Gasteiger partial charge in [0.25, 0.3) is 0 Å². The summed E-state index contributed by atoms with van der Waals surface area (Å²) in [5.41, 5.74) is 8.36. The van der Waals surface area contributed by atoms with E-state index >= 15 is 0 Å². The van der Waals surface area contributed by atoms with E-state index in [0.29, 0.717) is 0 Å². The standard InChI is InChI=1S/C32H20N2O/c1-2-6-21(7-3-1)22-11-13-27-23(18-22)8-4-9-26(27)25-12-14-30(34-20-25)29-19-24-15-17-35-32(24)31-28(29)10-5-16-33-31/h1-20H. The molecule has 0 atom stereocenters. The zero-order chi connectivity index (χ0) is 23.2. The molecule has 3 nitrogen and oxygen atoms in total. The number of aromatic nitrogens is 2. The van der Waals surface area contributed by atoms with Gasteiger partial charge in [-0.15, -0.1) is 0 Å². The van der Waals surface area contributed by atoms with E-state index in [1.807, 2.05) is 24.4 Å². The van der Waals surface area contributed by atoms with Gasteiger partial charge in [0.05, 0.1) is 12.0 Å². The molecule has 0 N–H and O–H groups in total. The Labute approximate surface area is 202 Å². The minimum atomic E-state index is 0.812. The first-order valence-corrected chi connectivity index (χ1v) is 11.7. The molecule has 0 bridgehead atoms. The van der Waals surface area contributed by atoms with Crippen molar-refractivity contribution in [2.45, 2.75) is 0 Å². The third-order valence-electron chi connectivity index (χ3n) is 6.65. The van der Waals surface area contributed by atoms with Gasteiger partial charge in [0.1, 0.15) is 5.52 Å². The number of pyridine rings is 2. The van der Waals surface area contributed by atoms with Gasteiger partial charge in [0.2, 0.25) is 0 Å². The fourth-order valence-electron chi connectivity index (χ4n) is 4.93. The van der Waals surface area contributed by atoms with Gasteiger partial charge in [-0.25, -0.2) is 0 Å². The Hall–Kier alpha value is -4.76. The van der Waals surface area contributed by atoms with E-state index in [0.717, 1.165) is 38.7 Å². The quantitative estimate of drug-likeness (QED) is 0.272. The molecule has 0 aliphatic rings. The lowest BCUT2D eigenvalue weighted by atomic mass is 9.95. The van der Waals surface area contributed by atoms with Crippen LogP contribution in [0.2, 0.25) is 0 Å². The first kappa shape index (κ1) is 19.7. The fraction of sp³-hybridized carbons (Fsp3) is 0. The third kappa shape index (κ3) is 3.29. The van der Waals surface area contributed by atoms with Crippen LogP contribution < -0.4 is 0 Å². The van der Waals surface area contributed by atoms with Crippen molar-refractivity contribution < 1.29 is 4.42 Å². The molecule has 164 valence electrons. The topological polar surface area (TPSA) is 38.9 Å². The van der Waals surface area contributed by atoms with Crippen molar-refractivity contribution in [1.82, 2.24) is 9.97 Å². The molecule has 7 rings (SSSR count). The number of benzene rings is 4. The summed E-state index contributed by atoms with van der Waals surface area (Å²) in [7, 11) is 0. The summed E-state index contributed by atoms with van der Waals surface area (Å²) in [4.78, 5) is 9.45. The monoisotopic (exact) mass is 448 g/mol. The highest BCUT2D eigenvalue weighted by molar-refractivity contribution is 6.09. The minimum Gasteiger partial charge on any atom is -0.462 e. The van der Waals surface area contributed by atoms with Crippen LogP contribution in [0.15, 0.2) is 126 Å². The molecule has 3 heterocycles. The van der Waals surface area contributed by atoms with Crippen LogP contribution in [0.3, 0.4) is 0 Å². The molecule has 0 amide bonds. The third-order valence-corrected chi connectivity index (χ3v) is 6.65. The molecule has 0 fully saturated rings. The van der Waals surface area contributed by atoms with Crippen molar-refractivity contribution in [3.05, 3.63) is 122 Å². The number of furan rings is 1. The fourth-order valence-corrected chi connectivity index (χ4v) is 4.93. The normalized spacial score (nSPS) is 11.4. The second-order valence-corrected chi connectivity index (χ2v) is 8.70. The maximum Gasteiger partial charge on any atom is 0.160 e. The number of hydrogen-bond donors (Lipinski definition) is 0. The lowest BCUT2D eigenvalue weighted by molar-refractivity contribution is 0.618. The summed E-state index contributed by atoms with van der Waals surface area (Å²) < 4.78 is 5.69. The van der Waals surface area contributed by atoms with Gasteiger partial charge in [-0.1, -0.05) is 72.8 Å². The predicted octanol–water partition coefficient (Wildman–Crippen LogP) is 8.53. The van der Waals surface area contributed by atoms with Crippen LogP contribution in [0.4, 0.5) is 0 Å². The molecule has 3 aromatic heterocycles. The van der Waals surface area contributed by atoms with Crippen molar-refractivity contribution in [3.63, 3.8) is 0 Å². The Bertz CT molecular complexity index is 1830. The van der Waals surface area contributed by atoms with Gasteiger partial charge in [0.15, 0.2) is 5.58 Å². The van der Waals surface area contributed by atoms with Gasteiger partial charge < -0.3 is 4.42 Å². The molecule has 0 radical (unpaired) electrons. The Morgan fingerprint density at radius 2 is 1.46 bits per heavy atom. The van der Waals surface area contributed by atoms with Gasteiger partial charge >= 0.3 is 0 Å². The molecule has 0 saturated heterocycles. The molecule has 4 aromatic carbocycles. The first-order valence-electron chi connectivity index (χ1n) is 11.7. The molecule has 35 heavy (non-hydrogen) atoms. The maximum atomic E-state index is 5.69. The SMILES string of the molecule is c1ccc(-c2ccc3c(-c4ccc(-c5cc6ccoc6c6ncccc56)nc4)cccc3c2)cc1. The summed E-state index contributed by atoms with van der Waals surface area (Å²) in [6, 6.07) is 36.0. The first-order chi connectivity index (χ1) is 17.3. The Kier molecular flexibility index (Phi) is 4.46. The second kappa shape index (κ2) is 7.93. The summed E-state index contributed by atoms with van der Waals surface area (Å²) in [6.45, 7) is 0. The van der Waals surface area contributed by atoms with Crippen LogP contribution in [0.25, 0.3) is 66.2 Å². The van der Waals surface area contributed by atoms with E-state index in [4.69, 9.17) is 9.40 Å². The van der Waals surface area contributed by atoms with Gasteiger partial charge in [-0.3, -0.25) is 9.97 Å². The van der Waals surface area contributed by atoms with Crippen molar-refractivity contribution in [2.24, 2.45) is 0 Å². The smallest absolute Gasteiger partial charge is 0.160 e. The average molecular weight is 449 g/mol. The summed E-state index contributed by atoms with van der Waals surface area (Å²) in [6.07, 6.45) is 5.48. The molecule has 7 aromatic rings. The minimum absolute atomic E-state index is 0.812. The Morgan fingerprint density at radius 1 is 0.543 bits per heavy atom. The summed E-state index contributed by atoms with van der Waals surface area (Å²) >= 11 is 0. The highest BCUT2D eigenvalue weighted by atomic mass is 16.3. The highest BCUT2D eigenvalue weighted by Crippen LogP contribution is 2.35. The lowest BCUT2D eigenvalue weighted by Crippen LogP contribution is -1.89. The molecule has 0 aliphatic heterocycles. The Morgan fingerprint density at radius 3 is 2.34 bits per heavy atom. The maximum absolute atomic E-state index is 5.69. The molecular formula is C32H20N2O. The molecule has 0 aliphatic carbocycles. The number of nitrogens with zero attached hydrogens (tertiary/aromatic N) is 2. The van der Waals surface area contributed by atoms with Crippen LogP contribution in [0.1, 0.15) is 0 Å². The van der Waals surface area contributed by atoms with Crippen molar-refractivity contribution >= 4 is 32.6 Å². The van der Waals surface area contributed by atoms with E-state index in [-0.39, 0.29) is 0 Å². The summed E-state index contributed by atoms with van der Waals surface area (Å²) in [5.74, 6) is 0. The van der Waals surface area contributed by atoms with Crippen LogP contribution in [0.5, 0.6) is 0 Å². The highest BCUT2D eigenvalue weighted by Gasteiger charge is 2.13. The van der Waals surface area contributed by atoms with Crippen LogP contribution in [-0.4, -0.2) is 9.97 Å². The zero-order valence-corrected chi connectivity index (χ0v) is 18.8. The molecular weight excluding hydrogens is 428 g/mol. The van der Waals surface area contributed by atoms with E-state index in [9.17, 15) is 0 Å². The van der Waals surface area contributed by atoms with Gasteiger partial charge in [0, 0.05) is 34.3 Å². The van der Waals surface area contributed by atoms with Crippen LogP contribution >= 0.6 is 0 Å². The molecule has 0 spiro atoms. The lowest BCUT2D eigenvalue weighted by Gasteiger charge is -2.11. The molecule has 3 heteroatoms. The number of fused-ring (bicyclic) bond motifs is 4. The van der Waals surface area contributed by atoms with Crippen LogP contribution in [-0.2, 0) is 0 Å². The van der Waals surface area contributed by atoms with Crippen LogP contribution in [0, 0.1) is 0 Å². The number of rotatable bonds is 3. The largest absolute Gasteiger partial charge is 0.462 e. The average Bonchev–Trinajstić information content (AvgIpc) is 3.42. The van der Waals surface area contributed by atoms with Gasteiger partial charge in [-0.05, 0) is 57.8 Å². The van der Waals surface area contributed by atoms with E-state index in [1.165, 1.54) is 27.5 Å². The van der Waals surface area contributed by atoms with Gasteiger partial charge in [-0.2, -0.15) is 0 Å². The summed E-state index contributed by atoms with van der Waals surface area (Å²) in [5, 5.41) is 4.50. The van der Waals surface area contributed by atoms with E-state index < -0.39 is 0 Å². The van der Waals surface area contributed by atoms with E-state index in [1.54, 1.807) is 12.5 Å². The second-order valence-electron chi connectivity index (χ2n) is 8.70. The number of hydrogen-bond acceptors (Lipinski definition) is 3. The Balaban J connectivity index is 1.32. The van der Waals surface area contributed by atoms with Crippen molar-refractivity contribution in [1.29, 1.82) is 0 Å². The zero-order valence-electron chi connectivity index (χ0n) is 18.8. The van der Waals surface area contributed by atoms with Crippen molar-refractivity contribution in [2.75, 3.05) is 0 Å². The predicted molar refractivity (Wildman–Crippen MR) is 143 cm³/mol. The molecule has 0 unspecified atom stereocenters. The van der Waals surface area contributed by atoms with E-state index in [2.05, 4.69) is 89.9 Å².